The average molecular weight is 508 g/mol. The highest BCUT2D eigenvalue weighted by molar-refractivity contribution is 7.99. The number of nitrogens with one attached hydrogen (secondary N) is 2. The molecule has 0 saturated carbocycles. The molecule has 8 nitrogen and oxygen atoms in total. The number of hydrogen-bond donors (Lipinski definition) is 2. The van der Waals surface area contributed by atoms with Gasteiger partial charge in [-0.25, -0.2) is 5.43 Å². The van der Waals surface area contributed by atoms with Gasteiger partial charge in [0.25, 0.3) is 11.7 Å². The lowest BCUT2D eigenvalue weighted by Gasteiger charge is -2.07. The van der Waals surface area contributed by atoms with Gasteiger partial charge in [-0.05, 0) is 72.8 Å². The van der Waals surface area contributed by atoms with Crippen LogP contribution in [0.15, 0.2) is 83.1 Å². The summed E-state index contributed by atoms with van der Waals surface area (Å²) in [5, 5.41) is 23.9. The highest BCUT2D eigenvalue weighted by Crippen LogP contribution is 2.23. The van der Waals surface area contributed by atoms with Gasteiger partial charge < -0.3 is 9.84 Å². The molecule has 0 aliphatic carbocycles. The van der Waals surface area contributed by atoms with E-state index < -0.39 is 0 Å². The average Bonchev–Trinajstić information content (AvgIpc) is 3.29. The van der Waals surface area contributed by atoms with Crippen LogP contribution in [0, 0.1) is 0 Å². The minimum atomic E-state index is -0.291. The Balaban J connectivity index is 1.52. The maximum atomic E-state index is 12.4. The molecule has 0 radical (unpaired) electrons. The maximum Gasteiger partial charge on any atom is 0.342 e. The standard InChI is InChI=1S/C25H22ClN5O3S/c1-2-34-22-13-9-20(10-14-22)31-24(18-5-7-19(26)8-6-18)29-30-25(31)35-16-23(33)28-27-15-17-3-11-21(32)12-4-17/h3-15H,2,16H2,1H3,(H2,27,28,32,33). The smallest absolute Gasteiger partial charge is 0.342 e. The number of carbonyl (C=O) groups excluding carboxylic acids is 1. The normalized spacial score (nSPS) is 11.0. The summed E-state index contributed by atoms with van der Waals surface area (Å²) >= 11 is 7.33. The van der Waals surface area contributed by atoms with Gasteiger partial charge in [-0.1, -0.05) is 35.9 Å². The van der Waals surface area contributed by atoms with Gasteiger partial charge in [0, 0.05) is 5.02 Å². The van der Waals surface area contributed by atoms with Crippen molar-refractivity contribution in [3.63, 3.8) is 0 Å². The van der Waals surface area contributed by atoms with Gasteiger partial charge in [0.2, 0.25) is 0 Å². The minimum Gasteiger partial charge on any atom is -0.872 e. The Morgan fingerprint density at radius 2 is 1.86 bits per heavy atom. The minimum absolute atomic E-state index is 0.0830. The molecule has 0 fully saturated rings. The van der Waals surface area contributed by atoms with Gasteiger partial charge >= 0.3 is 5.16 Å². The topological polar surface area (TPSA) is 106 Å². The summed E-state index contributed by atoms with van der Waals surface area (Å²) in [5.41, 5.74) is 4.95. The van der Waals surface area contributed by atoms with Crippen molar-refractivity contribution in [1.82, 2.24) is 15.6 Å². The van der Waals surface area contributed by atoms with E-state index in [9.17, 15) is 9.90 Å². The van der Waals surface area contributed by atoms with Crippen LogP contribution in [0.25, 0.3) is 17.1 Å². The van der Waals surface area contributed by atoms with Crippen LogP contribution in [0.1, 0.15) is 12.5 Å². The first-order valence-corrected chi connectivity index (χ1v) is 12.1. The first-order valence-electron chi connectivity index (χ1n) is 10.7. The molecule has 4 aromatic rings. The molecular formula is C25H22ClN5O3S. The van der Waals surface area contributed by atoms with Crippen LogP contribution >= 0.6 is 23.4 Å². The van der Waals surface area contributed by atoms with Gasteiger partial charge in [-0.15, -0.1) is 10.8 Å². The molecule has 35 heavy (non-hydrogen) atoms. The van der Waals surface area contributed by atoms with Crippen LogP contribution in [0.5, 0.6) is 11.5 Å². The lowest BCUT2D eigenvalue weighted by atomic mass is 10.2. The molecule has 178 valence electrons. The third-order valence-corrected chi connectivity index (χ3v) is 6.00. The second-order valence-corrected chi connectivity index (χ2v) is 8.65. The quantitative estimate of drug-likeness (QED) is 0.155. The van der Waals surface area contributed by atoms with Crippen LogP contribution in [0.3, 0.4) is 0 Å². The van der Waals surface area contributed by atoms with E-state index in [1.54, 1.807) is 12.1 Å². The summed E-state index contributed by atoms with van der Waals surface area (Å²) in [6, 6.07) is 21.2. The van der Waals surface area contributed by atoms with E-state index in [0.717, 1.165) is 22.8 Å². The number of amides is 1. The first kappa shape index (κ1) is 24.3. The van der Waals surface area contributed by atoms with Crippen LogP contribution in [-0.4, -0.2) is 34.7 Å². The third kappa shape index (κ3) is 6.40. The van der Waals surface area contributed by atoms with Crippen LogP contribution < -0.4 is 19.8 Å². The number of aromatic nitrogens is 3. The van der Waals surface area contributed by atoms with Gasteiger partial charge in [-0.2, -0.15) is 9.67 Å². The highest BCUT2D eigenvalue weighted by atomic mass is 35.5. The van der Waals surface area contributed by atoms with Gasteiger partial charge in [0.05, 0.1) is 29.2 Å². The molecule has 1 aromatic heterocycles. The van der Waals surface area contributed by atoms with Crippen molar-refractivity contribution in [3.05, 3.63) is 83.4 Å². The molecule has 0 bridgehead atoms. The van der Waals surface area contributed by atoms with Crippen LogP contribution in [0.4, 0.5) is 0 Å². The molecule has 2 N–H and O–H groups in total. The molecule has 0 aliphatic heterocycles. The van der Waals surface area contributed by atoms with Crippen molar-refractivity contribution in [2.45, 2.75) is 12.1 Å². The van der Waals surface area contributed by atoms with E-state index >= 15 is 0 Å². The number of halogens is 1. The zero-order chi connectivity index (χ0) is 24.6. The van der Waals surface area contributed by atoms with Crippen LogP contribution in [-0.2, 0) is 4.79 Å². The Kier molecular flexibility index (Phi) is 8.02. The molecule has 0 unspecified atom stereocenters. The number of H-pyrrole nitrogens is 1. The summed E-state index contributed by atoms with van der Waals surface area (Å²) in [6.07, 6.45) is 1.48. The van der Waals surface area contributed by atoms with E-state index in [1.807, 2.05) is 60.0 Å². The number of aromatic amines is 1. The predicted octanol–water partition coefficient (Wildman–Crippen LogP) is 3.72. The van der Waals surface area contributed by atoms with Crippen molar-refractivity contribution in [1.29, 1.82) is 0 Å². The van der Waals surface area contributed by atoms with Gasteiger partial charge in [-0.3, -0.25) is 4.79 Å². The van der Waals surface area contributed by atoms with Gasteiger partial charge in [0.15, 0.2) is 0 Å². The van der Waals surface area contributed by atoms with E-state index in [1.165, 1.54) is 30.1 Å². The van der Waals surface area contributed by atoms with Crippen molar-refractivity contribution < 1.29 is 19.2 Å². The predicted molar refractivity (Wildman–Crippen MR) is 134 cm³/mol. The molecule has 4 rings (SSSR count). The van der Waals surface area contributed by atoms with Crippen molar-refractivity contribution in [3.8, 4) is 28.6 Å². The van der Waals surface area contributed by atoms with Crippen molar-refractivity contribution >= 4 is 35.5 Å². The molecule has 0 atom stereocenters. The summed E-state index contributed by atoms with van der Waals surface area (Å²) in [5.74, 6) is 1.23. The van der Waals surface area contributed by atoms with E-state index in [0.29, 0.717) is 22.3 Å². The number of benzene rings is 3. The van der Waals surface area contributed by atoms with Gasteiger partial charge in [0.1, 0.15) is 11.4 Å². The number of hydrazone groups is 1. The molecule has 1 amide bonds. The molecule has 10 heteroatoms. The lowest BCUT2D eigenvalue weighted by Crippen LogP contribution is -2.34. The molecular weight excluding hydrogens is 486 g/mol. The summed E-state index contributed by atoms with van der Waals surface area (Å²) < 4.78 is 7.49. The fraction of sp³-hybridized carbons (Fsp3) is 0.120. The number of nitrogens with zero attached hydrogens (tertiary/aromatic N) is 3. The number of carbonyl (C=O) groups is 1. The first-order chi connectivity index (χ1) is 17.0. The number of hydrogen-bond acceptors (Lipinski definition) is 6. The fourth-order valence-corrected chi connectivity index (χ4v) is 4.07. The van der Waals surface area contributed by atoms with Crippen LogP contribution in [0.2, 0.25) is 5.02 Å². The second-order valence-electron chi connectivity index (χ2n) is 7.27. The monoisotopic (exact) mass is 507 g/mol. The van der Waals surface area contributed by atoms with Crippen molar-refractivity contribution in [2.24, 2.45) is 5.10 Å². The zero-order valence-corrected chi connectivity index (χ0v) is 20.3. The third-order valence-electron chi connectivity index (χ3n) is 4.81. The molecule has 1 heterocycles. The fourth-order valence-electron chi connectivity index (χ4n) is 3.19. The largest absolute Gasteiger partial charge is 0.872 e. The molecule has 3 aromatic carbocycles. The summed E-state index contributed by atoms with van der Waals surface area (Å²) in [6.45, 7) is 2.51. The highest BCUT2D eigenvalue weighted by Gasteiger charge is 2.24. The van der Waals surface area contributed by atoms with E-state index in [-0.39, 0.29) is 17.4 Å². The Morgan fingerprint density at radius 3 is 2.54 bits per heavy atom. The summed E-state index contributed by atoms with van der Waals surface area (Å²) in [4.78, 5) is 12.4. The second kappa shape index (κ2) is 11.5. The van der Waals surface area contributed by atoms with Crippen molar-refractivity contribution in [2.75, 3.05) is 12.4 Å². The Bertz CT molecular complexity index is 1310. The Morgan fingerprint density at radius 1 is 1.14 bits per heavy atom. The number of rotatable bonds is 9. The Hall–Kier alpha value is -3.82. The van der Waals surface area contributed by atoms with E-state index in [4.69, 9.17) is 16.3 Å². The number of ether oxygens (including phenoxy) is 1. The number of thioether (sulfide) groups is 1. The van der Waals surface area contributed by atoms with E-state index in [2.05, 4.69) is 20.7 Å². The molecule has 0 saturated heterocycles. The summed E-state index contributed by atoms with van der Waals surface area (Å²) in [7, 11) is 0. The maximum absolute atomic E-state index is 12.4. The lowest BCUT2D eigenvalue weighted by molar-refractivity contribution is -0.625. The molecule has 0 spiro atoms. The molecule has 0 aliphatic rings. The SMILES string of the molecule is CCOc1ccc(-[n+]2c(SCC(=O)NN=Cc3ccc([O-])cc3)n[nH]c2-c2ccc(Cl)cc2)cc1. The Labute approximate surface area is 211 Å². The zero-order valence-electron chi connectivity index (χ0n) is 18.8.